The van der Waals surface area contributed by atoms with E-state index in [1.165, 1.54) is 6.08 Å². The van der Waals surface area contributed by atoms with Gasteiger partial charge in [0.1, 0.15) is 11.5 Å². The van der Waals surface area contributed by atoms with Crippen molar-refractivity contribution in [1.29, 1.82) is 0 Å². The largest absolute Gasteiger partial charge is 0.460 e. The van der Waals surface area contributed by atoms with Crippen molar-refractivity contribution in [2.24, 2.45) is 28.6 Å². The van der Waals surface area contributed by atoms with Crippen LogP contribution in [-0.4, -0.2) is 29.8 Å². The first-order valence-corrected chi connectivity index (χ1v) is 11.0. The number of alkyl halides is 7. The molecule has 2 saturated carbocycles. The molecule has 4 aliphatic carbocycles. The predicted molar refractivity (Wildman–Crippen MR) is 102 cm³/mol. The number of ketones is 1. The Labute approximate surface area is 186 Å². The molecule has 0 heterocycles. The third kappa shape index (κ3) is 3.37. The molecule has 0 amide bonds. The lowest BCUT2D eigenvalue weighted by atomic mass is 9.49. The quantitative estimate of drug-likeness (QED) is 0.346. The van der Waals surface area contributed by atoms with Gasteiger partial charge in [-0.05, 0) is 66.9 Å². The van der Waals surface area contributed by atoms with Crippen molar-refractivity contribution in [3.63, 3.8) is 0 Å². The standard InChI is InChI=1S/C23H25F7O3/c1-19-9-7-13(33-18(32)21(24,25)22(26,27)23(28,29)30)11-12(19)3-4-14-15-5-6-17(31)20(15,2)10-8-16(14)19/h3,11,14-16H,4-10H2,1-2H3. The maximum atomic E-state index is 13.7. The Hall–Kier alpha value is -1.87. The van der Waals surface area contributed by atoms with Crippen LogP contribution >= 0.6 is 0 Å². The van der Waals surface area contributed by atoms with Crippen LogP contribution in [0.3, 0.4) is 0 Å². The molecular weight excluding hydrogens is 457 g/mol. The van der Waals surface area contributed by atoms with E-state index in [1.54, 1.807) is 0 Å². The van der Waals surface area contributed by atoms with Gasteiger partial charge in [-0.3, -0.25) is 4.79 Å². The number of esters is 1. The number of carbonyl (C=O) groups is 2. The van der Waals surface area contributed by atoms with E-state index in [0.29, 0.717) is 30.6 Å². The Bertz CT molecular complexity index is 935. The number of ether oxygens (including phenoxy) is 1. The lowest BCUT2D eigenvalue weighted by Crippen LogP contribution is -2.56. The molecule has 4 aliphatic rings. The highest BCUT2D eigenvalue weighted by atomic mass is 19.4. The number of rotatable bonds is 3. The van der Waals surface area contributed by atoms with E-state index in [2.05, 4.69) is 4.74 Å². The minimum atomic E-state index is -6.60. The second-order valence-corrected chi connectivity index (χ2v) is 10.3. The number of hydrogen-bond acceptors (Lipinski definition) is 3. The number of hydrogen-bond donors (Lipinski definition) is 0. The van der Waals surface area contributed by atoms with Gasteiger partial charge in [-0.2, -0.15) is 30.7 Å². The van der Waals surface area contributed by atoms with Crippen molar-refractivity contribution in [1.82, 2.24) is 0 Å². The minimum absolute atomic E-state index is 0.0443. The third-order valence-corrected chi connectivity index (χ3v) is 8.67. The van der Waals surface area contributed by atoms with Crippen LogP contribution < -0.4 is 0 Å². The number of Topliss-reactive ketones (excluding diaryl/α,β-unsaturated/α-hetero) is 1. The number of fused-ring (bicyclic) bond motifs is 5. The highest BCUT2D eigenvalue weighted by Crippen LogP contribution is 2.63. The molecule has 10 heteroatoms. The average molecular weight is 482 g/mol. The molecule has 33 heavy (non-hydrogen) atoms. The molecule has 0 bridgehead atoms. The molecule has 2 fully saturated rings. The molecule has 0 aliphatic heterocycles. The summed E-state index contributed by atoms with van der Waals surface area (Å²) in [6.45, 7) is 4.04. The fourth-order valence-corrected chi connectivity index (χ4v) is 6.64. The first-order chi connectivity index (χ1) is 15.1. The molecule has 0 aromatic carbocycles. The number of carbonyl (C=O) groups excluding carboxylic acids is 2. The summed E-state index contributed by atoms with van der Waals surface area (Å²) < 4.78 is 95.1. The molecular formula is C23H25F7O3. The predicted octanol–water partition coefficient (Wildman–Crippen LogP) is 6.39. The molecule has 0 radical (unpaired) electrons. The molecule has 0 N–H and O–H groups in total. The van der Waals surface area contributed by atoms with E-state index in [0.717, 1.165) is 19.3 Å². The lowest BCUT2D eigenvalue weighted by molar-refractivity contribution is -0.347. The molecule has 0 aromatic heterocycles. The van der Waals surface area contributed by atoms with Crippen LogP contribution in [0.2, 0.25) is 0 Å². The zero-order chi connectivity index (χ0) is 24.6. The summed E-state index contributed by atoms with van der Waals surface area (Å²) in [5, 5.41) is 0. The van der Waals surface area contributed by atoms with Crippen LogP contribution in [0.4, 0.5) is 30.7 Å². The van der Waals surface area contributed by atoms with E-state index < -0.39 is 24.0 Å². The van der Waals surface area contributed by atoms with Crippen molar-refractivity contribution < 1.29 is 45.1 Å². The molecule has 5 unspecified atom stereocenters. The van der Waals surface area contributed by atoms with E-state index >= 15 is 0 Å². The van der Waals surface area contributed by atoms with Gasteiger partial charge in [0.25, 0.3) is 0 Å². The van der Waals surface area contributed by atoms with Crippen LogP contribution in [0, 0.1) is 28.6 Å². The second-order valence-electron chi connectivity index (χ2n) is 10.3. The topological polar surface area (TPSA) is 43.4 Å². The Morgan fingerprint density at radius 3 is 2.24 bits per heavy atom. The van der Waals surface area contributed by atoms with E-state index in [9.17, 15) is 40.3 Å². The van der Waals surface area contributed by atoms with Gasteiger partial charge in [-0.1, -0.05) is 19.9 Å². The Morgan fingerprint density at radius 1 is 0.970 bits per heavy atom. The summed E-state index contributed by atoms with van der Waals surface area (Å²) in [6.07, 6.45) is 0.537. The SMILES string of the molecule is CC12CCC3C(CC=C4C=C(OC(=O)C(F)(F)C(F)(F)C(F)(F)F)CCC43C)C1CCC2=O. The van der Waals surface area contributed by atoms with Gasteiger partial charge in [0.2, 0.25) is 0 Å². The molecule has 0 aromatic rings. The zero-order valence-electron chi connectivity index (χ0n) is 18.2. The second kappa shape index (κ2) is 7.31. The van der Waals surface area contributed by atoms with Crippen LogP contribution in [0.1, 0.15) is 58.8 Å². The van der Waals surface area contributed by atoms with Crippen molar-refractivity contribution in [2.45, 2.75) is 76.8 Å². The van der Waals surface area contributed by atoms with Crippen LogP contribution in [0.15, 0.2) is 23.5 Å². The average Bonchev–Trinajstić information content (AvgIpc) is 3.02. The molecule has 4 rings (SSSR count). The summed E-state index contributed by atoms with van der Waals surface area (Å²) in [6, 6.07) is 0. The number of halogens is 7. The summed E-state index contributed by atoms with van der Waals surface area (Å²) in [7, 11) is 0. The minimum Gasteiger partial charge on any atom is -0.426 e. The first-order valence-electron chi connectivity index (χ1n) is 11.0. The smallest absolute Gasteiger partial charge is 0.426 e. The van der Waals surface area contributed by atoms with Gasteiger partial charge in [0.05, 0.1) is 0 Å². The van der Waals surface area contributed by atoms with E-state index in [1.807, 2.05) is 19.9 Å². The summed E-state index contributed by atoms with van der Waals surface area (Å²) in [5.74, 6) is -14.8. The molecule has 0 spiro atoms. The zero-order valence-corrected chi connectivity index (χ0v) is 18.2. The van der Waals surface area contributed by atoms with Crippen LogP contribution in [-0.2, 0) is 14.3 Å². The molecule has 184 valence electrons. The number of allylic oxidation sites excluding steroid dienone is 4. The Morgan fingerprint density at radius 2 is 1.61 bits per heavy atom. The van der Waals surface area contributed by atoms with Crippen LogP contribution in [0.5, 0.6) is 0 Å². The monoisotopic (exact) mass is 482 g/mol. The van der Waals surface area contributed by atoms with E-state index in [-0.39, 0.29) is 40.8 Å². The maximum absolute atomic E-state index is 13.7. The summed E-state index contributed by atoms with van der Waals surface area (Å²) >= 11 is 0. The van der Waals surface area contributed by atoms with Gasteiger partial charge in [-0.25, -0.2) is 4.79 Å². The molecule has 0 saturated heterocycles. The summed E-state index contributed by atoms with van der Waals surface area (Å²) in [5.41, 5.74) is -0.00950. The maximum Gasteiger partial charge on any atom is 0.460 e. The first kappa shape index (κ1) is 24.3. The van der Waals surface area contributed by atoms with Crippen molar-refractivity contribution in [2.75, 3.05) is 0 Å². The lowest BCUT2D eigenvalue weighted by Gasteiger charge is -2.55. The fraction of sp³-hybridized carbons (Fsp3) is 0.739. The van der Waals surface area contributed by atoms with Crippen molar-refractivity contribution >= 4 is 11.8 Å². The van der Waals surface area contributed by atoms with Crippen molar-refractivity contribution in [3.8, 4) is 0 Å². The van der Waals surface area contributed by atoms with Gasteiger partial charge in [-0.15, -0.1) is 0 Å². The molecule has 5 atom stereocenters. The highest BCUT2D eigenvalue weighted by Gasteiger charge is 2.77. The molecule has 3 nitrogen and oxygen atoms in total. The van der Waals surface area contributed by atoms with Gasteiger partial charge < -0.3 is 4.74 Å². The highest BCUT2D eigenvalue weighted by molar-refractivity contribution is 5.87. The van der Waals surface area contributed by atoms with Crippen molar-refractivity contribution in [3.05, 3.63) is 23.5 Å². The normalized spacial score (nSPS) is 36.9. The fourth-order valence-electron chi connectivity index (χ4n) is 6.64. The van der Waals surface area contributed by atoms with Gasteiger partial charge in [0, 0.05) is 18.3 Å². The van der Waals surface area contributed by atoms with Gasteiger partial charge >= 0.3 is 24.0 Å². The Kier molecular flexibility index (Phi) is 5.38. The van der Waals surface area contributed by atoms with Crippen LogP contribution in [0.25, 0.3) is 0 Å². The summed E-state index contributed by atoms with van der Waals surface area (Å²) in [4.78, 5) is 24.1. The Balaban J connectivity index is 1.56. The van der Waals surface area contributed by atoms with E-state index in [4.69, 9.17) is 0 Å². The van der Waals surface area contributed by atoms with Gasteiger partial charge in [0.15, 0.2) is 0 Å². The third-order valence-electron chi connectivity index (χ3n) is 8.67.